The van der Waals surface area contributed by atoms with Gasteiger partial charge in [0.05, 0.1) is 22.8 Å². The second kappa shape index (κ2) is 10.1. The van der Waals surface area contributed by atoms with E-state index in [9.17, 15) is 13.2 Å². The van der Waals surface area contributed by atoms with Crippen molar-refractivity contribution in [2.75, 3.05) is 29.8 Å². The molecule has 1 aliphatic carbocycles. The number of nitrogens with zero attached hydrogens (tertiary/aromatic N) is 3. The van der Waals surface area contributed by atoms with Gasteiger partial charge < -0.3 is 5.32 Å². The highest BCUT2D eigenvalue weighted by Crippen LogP contribution is 2.36. The lowest BCUT2D eigenvalue weighted by Crippen LogP contribution is -2.39. The molecule has 2 aliphatic rings. The fraction of sp³-hybridized carbons (Fsp3) is 0.385. The number of thiazole rings is 1. The number of hydrogen-bond acceptors (Lipinski definition) is 6. The van der Waals surface area contributed by atoms with E-state index in [0.29, 0.717) is 41.3 Å². The van der Waals surface area contributed by atoms with Crippen molar-refractivity contribution < 1.29 is 13.2 Å². The summed E-state index contributed by atoms with van der Waals surface area (Å²) in [5.74, 6) is -0.0466. The van der Waals surface area contributed by atoms with Crippen LogP contribution in [-0.2, 0) is 21.2 Å². The summed E-state index contributed by atoms with van der Waals surface area (Å²) in [6, 6.07) is 14.8. The number of rotatable bonds is 7. The summed E-state index contributed by atoms with van der Waals surface area (Å²) in [6.07, 6.45) is 6.74. The highest BCUT2D eigenvalue weighted by Gasteiger charge is 2.31. The Labute approximate surface area is 210 Å². The molecular weight excluding hydrogens is 480 g/mol. The van der Waals surface area contributed by atoms with E-state index >= 15 is 0 Å². The zero-order chi connectivity index (χ0) is 24.4. The number of carbonyl (C=O) groups excluding carboxylic acids is 1. The molecule has 7 nitrogen and oxygen atoms in total. The Kier molecular flexibility index (Phi) is 6.91. The van der Waals surface area contributed by atoms with Crippen molar-refractivity contribution in [1.82, 2.24) is 9.88 Å². The molecule has 1 N–H and O–H groups in total. The van der Waals surface area contributed by atoms with Crippen LogP contribution < -0.4 is 9.62 Å². The summed E-state index contributed by atoms with van der Waals surface area (Å²) in [6.45, 7) is 0.785. The summed E-state index contributed by atoms with van der Waals surface area (Å²) in [5.41, 5.74) is 3.39. The number of aromatic nitrogens is 1. The summed E-state index contributed by atoms with van der Waals surface area (Å²) < 4.78 is 27.7. The lowest BCUT2D eigenvalue weighted by molar-refractivity contribution is -0.117. The Balaban J connectivity index is 1.26. The van der Waals surface area contributed by atoms with E-state index in [1.807, 2.05) is 36.7 Å². The molecule has 1 aromatic heterocycles. The number of nitrogens with one attached hydrogen (secondary N) is 1. The van der Waals surface area contributed by atoms with Crippen molar-refractivity contribution in [3.63, 3.8) is 0 Å². The average molecular weight is 511 g/mol. The molecule has 1 saturated carbocycles. The van der Waals surface area contributed by atoms with Gasteiger partial charge >= 0.3 is 0 Å². The smallest absolute Gasteiger partial charge is 0.264 e. The Morgan fingerprint density at radius 2 is 1.91 bits per heavy atom. The molecule has 1 amide bonds. The average Bonchev–Trinajstić information content (AvgIpc) is 3.52. The molecule has 0 spiro atoms. The molecule has 0 saturated heterocycles. The maximum atomic E-state index is 13.1. The number of hydrogen-bond donors (Lipinski definition) is 1. The maximum Gasteiger partial charge on any atom is 0.264 e. The highest BCUT2D eigenvalue weighted by molar-refractivity contribution is 7.92. The van der Waals surface area contributed by atoms with Gasteiger partial charge in [-0.15, -0.1) is 11.3 Å². The van der Waals surface area contributed by atoms with Gasteiger partial charge in [-0.3, -0.25) is 14.0 Å². The quantitative estimate of drug-likeness (QED) is 0.495. The van der Waals surface area contributed by atoms with E-state index in [1.54, 1.807) is 24.3 Å². The molecular formula is C26H30N4O3S2. The van der Waals surface area contributed by atoms with Crippen LogP contribution in [-0.4, -0.2) is 50.4 Å². The monoisotopic (exact) mass is 510 g/mol. The van der Waals surface area contributed by atoms with Gasteiger partial charge in [0, 0.05) is 23.5 Å². The molecule has 184 valence electrons. The van der Waals surface area contributed by atoms with Gasteiger partial charge in [-0.05, 0) is 56.1 Å². The predicted octanol–water partition coefficient (Wildman–Crippen LogP) is 4.76. The second-order valence-corrected chi connectivity index (χ2v) is 12.0. The summed E-state index contributed by atoms with van der Waals surface area (Å²) in [4.78, 5) is 19.6. The van der Waals surface area contributed by atoms with Gasteiger partial charge in [0.2, 0.25) is 5.91 Å². The van der Waals surface area contributed by atoms with E-state index < -0.39 is 10.0 Å². The third-order valence-electron chi connectivity index (χ3n) is 6.90. The van der Waals surface area contributed by atoms with E-state index in [4.69, 9.17) is 0 Å². The van der Waals surface area contributed by atoms with Crippen molar-refractivity contribution >= 4 is 38.1 Å². The van der Waals surface area contributed by atoms with E-state index in [-0.39, 0.29) is 5.91 Å². The molecule has 1 aliphatic heterocycles. The SMILES string of the molecule is CN(CC(=O)Nc1nc(-c2ccc3c(c2)CCN3S(=O)(=O)c2ccccc2)cs1)C1CCCCC1. The third-order valence-corrected chi connectivity index (χ3v) is 9.49. The van der Waals surface area contributed by atoms with Crippen LogP contribution in [0.15, 0.2) is 58.8 Å². The van der Waals surface area contributed by atoms with Gasteiger partial charge in [-0.1, -0.05) is 43.5 Å². The van der Waals surface area contributed by atoms with Crippen LogP contribution in [0.25, 0.3) is 11.3 Å². The van der Waals surface area contributed by atoms with Crippen molar-refractivity contribution in [3.8, 4) is 11.3 Å². The zero-order valence-corrected chi connectivity index (χ0v) is 21.4. The van der Waals surface area contributed by atoms with Gasteiger partial charge in [-0.2, -0.15) is 0 Å². The van der Waals surface area contributed by atoms with Crippen molar-refractivity contribution in [3.05, 3.63) is 59.5 Å². The minimum atomic E-state index is -3.59. The Hall–Kier alpha value is -2.75. The van der Waals surface area contributed by atoms with Crippen LogP contribution in [0, 0.1) is 0 Å². The molecule has 0 radical (unpaired) electrons. The third kappa shape index (κ3) is 5.12. The molecule has 2 heterocycles. The molecule has 3 aromatic rings. The maximum absolute atomic E-state index is 13.1. The predicted molar refractivity (Wildman–Crippen MR) is 140 cm³/mol. The zero-order valence-electron chi connectivity index (χ0n) is 19.8. The highest BCUT2D eigenvalue weighted by atomic mass is 32.2. The Morgan fingerprint density at radius 1 is 1.14 bits per heavy atom. The lowest BCUT2D eigenvalue weighted by atomic mass is 9.94. The molecule has 0 atom stereocenters. The van der Waals surface area contributed by atoms with E-state index in [2.05, 4.69) is 15.2 Å². The van der Waals surface area contributed by atoms with Crippen LogP contribution >= 0.6 is 11.3 Å². The minimum Gasteiger partial charge on any atom is -0.301 e. The van der Waals surface area contributed by atoms with Gasteiger partial charge in [0.15, 0.2) is 5.13 Å². The number of amides is 1. The molecule has 9 heteroatoms. The number of benzene rings is 2. The first-order valence-corrected chi connectivity index (χ1v) is 14.4. The number of carbonyl (C=O) groups is 1. The van der Waals surface area contributed by atoms with Crippen molar-refractivity contribution in [1.29, 1.82) is 0 Å². The van der Waals surface area contributed by atoms with Gasteiger partial charge in [0.1, 0.15) is 0 Å². The van der Waals surface area contributed by atoms with Crippen LogP contribution in [0.1, 0.15) is 37.7 Å². The standard InChI is InChI=1S/C26H30N4O3S2/c1-29(21-8-4-2-5-9-21)17-25(31)28-26-27-23(18-34-26)19-12-13-24-20(16-19)14-15-30(24)35(32,33)22-10-6-3-7-11-22/h3,6-7,10-13,16,18,21H,2,4-5,8-9,14-15,17H2,1H3,(H,27,28,31). The van der Waals surface area contributed by atoms with Crippen molar-refractivity contribution in [2.24, 2.45) is 0 Å². The second-order valence-electron chi connectivity index (χ2n) is 9.28. The largest absolute Gasteiger partial charge is 0.301 e. The lowest BCUT2D eigenvalue weighted by Gasteiger charge is -2.30. The van der Waals surface area contributed by atoms with E-state index in [1.165, 1.54) is 34.9 Å². The normalized spacial score (nSPS) is 16.5. The van der Waals surface area contributed by atoms with Gasteiger partial charge in [-0.25, -0.2) is 13.4 Å². The number of sulfonamides is 1. The Morgan fingerprint density at radius 3 is 2.69 bits per heavy atom. The van der Waals surface area contributed by atoms with Crippen LogP contribution in [0.5, 0.6) is 0 Å². The first-order valence-electron chi connectivity index (χ1n) is 12.1. The number of fused-ring (bicyclic) bond motifs is 1. The van der Waals surface area contributed by atoms with Crippen LogP contribution in [0.2, 0.25) is 0 Å². The van der Waals surface area contributed by atoms with Gasteiger partial charge in [0.25, 0.3) is 10.0 Å². The van der Waals surface area contributed by atoms with Crippen LogP contribution in [0.3, 0.4) is 0 Å². The fourth-order valence-electron chi connectivity index (χ4n) is 5.00. The van der Waals surface area contributed by atoms with Crippen molar-refractivity contribution in [2.45, 2.75) is 49.5 Å². The summed E-state index contributed by atoms with van der Waals surface area (Å²) >= 11 is 1.40. The molecule has 2 aromatic carbocycles. The number of likely N-dealkylation sites (N-methyl/N-ethyl adjacent to an activating group) is 1. The first-order chi connectivity index (χ1) is 16.9. The number of anilines is 2. The summed E-state index contributed by atoms with van der Waals surface area (Å²) in [7, 11) is -1.57. The minimum absolute atomic E-state index is 0.0466. The van der Waals surface area contributed by atoms with Crippen LogP contribution in [0.4, 0.5) is 10.8 Å². The topological polar surface area (TPSA) is 82.6 Å². The first kappa shape index (κ1) is 24.0. The molecule has 0 unspecified atom stereocenters. The molecule has 0 bridgehead atoms. The Bertz CT molecular complexity index is 1300. The molecule has 1 fully saturated rings. The molecule has 5 rings (SSSR count). The summed E-state index contributed by atoms with van der Waals surface area (Å²) in [5, 5.41) is 5.44. The van der Waals surface area contributed by atoms with E-state index in [0.717, 1.165) is 29.7 Å². The molecule has 35 heavy (non-hydrogen) atoms. The fourth-order valence-corrected chi connectivity index (χ4v) is 7.26.